The number of benzene rings is 1. The summed E-state index contributed by atoms with van der Waals surface area (Å²) in [5.74, 6) is -0.399. The molecule has 0 spiro atoms. The maximum atomic E-state index is 11.9. The Morgan fingerprint density at radius 1 is 1.25 bits per heavy atom. The first-order valence-electron chi connectivity index (χ1n) is 10.0. The number of carbonyl (C=O) groups is 2. The minimum absolute atomic E-state index is 0.0423. The van der Waals surface area contributed by atoms with E-state index in [1.807, 2.05) is 29.6 Å². The third kappa shape index (κ3) is 4.89. The molecule has 1 fully saturated rings. The Balaban J connectivity index is 1.51. The van der Waals surface area contributed by atoms with Crippen molar-refractivity contribution in [3.8, 4) is 10.6 Å². The highest BCUT2D eigenvalue weighted by molar-refractivity contribution is 7.13. The molecule has 32 heavy (non-hydrogen) atoms. The molecule has 1 atom stereocenters. The number of anilines is 3. The van der Waals surface area contributed by atoms with E-state index in [0.717, 1.165) is 23.4 Å². The molecule has 1 saturated heterocycles. The number of piperidine rings is 1. The fourth-order valence-electron chi connectivity index (χ4n) is 3.45. The molecule has 3 heterocycles. The number of carbonyl (C=O) groups excluding carboxylic acids is 2. The number of rotatable bonds is 7. The van der Waals surface area contributed by atoms with E-state index in [2.05, 4.69) is 37.4 Å². The molecule has 1 unspecified atom stereocenters. The smallest absolute Gasteiger partial charge is 0.273 e. The predicted octanol–water partition coefficient (Wildman–Crippen LogP) is 2.43. The Kier molecular flexibility index (Phi) is 6.36. The van der Waals surface area contributed by atoms with Crippen molar-refractivity contribution >= 4 is 40.6 Å². The summed E-state index contributed by atoms with van der Waals surface area (Å²) >= 11 is 1.55. The van der Waals surface area contributed by atoms with Gasteiger partial charge in [-0.3, -0.25) is 9.59 Å². The van der Waals surface area contributed by atoms with E-state index in [1.54, 1.807) is 22.4 Å². The number of likely N-dealkylation sites (tertiary alicyclic amines) is 1. The Labute approximate surface area is 188 Å². The summed E-state index contributed by atoms with van der Waals surface area (Å²) < 4.78 is 0. The van der Waals surface area contributed by atoms with E-state index in [-0.39, 0.29) is 29.4 Å². The molecule has 1 aromatic carbocycles. The first-order chi connectivity index (χ1) is 15.5. The van der Waals surface area contributed by atoms with Crippen molar-refractivity contribution in [3.05, 3.63) is 54.2 Å². The van der Waals surface area contributed by atoms with E-state index in [4.69, 9.17) is 5.73 Å². The van der Waals surface area contributed by atoms with Crippen LogP contribution < -0.4 is 16.4 Å². The quantitative estimate of drug-likeness (QED) is 0.467. The highest BCUT2D eigenvalue weighted by atomic mass is 32.1. The summed E-state index contributed by atoms with van der Waals surface area (Å²) in [6, 6.07) is 7.52. The number of thiazole rings is 1. The van der Waals surface area contributed by atoms with Crippen molar-refractivity contribution < 1.29 is 9.59 Å². The van der Waals surface area contributed by atoms with Gasteiger partial charge in [-0.1, -0.05) is 6.58 Å². The Morgan fingerprint density at radius 3 is 2.75 bits per heavy atom. The van der Waals surface area contributed by atoms with Crippen LogP contribution in [0.25, 0.3) is 10.6 Å². The van der Waals surface area contributed by atoms with Gasteiger partial charge in [0.15, 0.2) is 11.5 Å². The topological polar surface area (TPSA) is 139 Å². The van der Waals surface area contributed by atoms with Gasteiger partial charge in [-0.05, 0) is 43.2 Å². The highest BCUT2D eigenvalue weighted by Gasteiger charge is 2.23. The van der Waals surface area contributed by atoms with Crippen molar-refractivity contribution in [2.24, 2.45) is 5.73 Å². The number of hydrogen-bond donors (Lipinski definition) is 3. The molecule has 1 aliphatic heterocycles. The number of primary amides is 1. The molecule has 0 radical (unpaired) electrons. The Morgan fingerprint density at radius 2 is 2.06 bits per heavy atom. The lowest BCUT2D eigenvalue weighted by molar-refractivity contribution is -0.127. The van der Waals surface area contributed by atoms with Gasteiger partial charge in [0.2, 0.25) is 11.9 Å². The van der Waals surface area contributed by atoms with Crippen molar-refractivity contribution in [2.75, 3.05) is 23.7 Å². The lowest BCUT2D eigenvalue weighted by atomic mass is 10.1. The summed E-state index contributed by atoms with van der Waals surface area (Å²) in [7, 11) is 0. The molecule has 3 aromatic rings. The van der Waals surface area contributed by atoms with Crippen LogP contribution in [0.5, 0.6) is 0 Å². The van der Waals surface area contributed by atoms with Gasteiger partial charge in [-0.15, -0.1) is 21.5 Å². The fraction of sp³-hybridized carbons (Fsp3) is 0.238. The molecule has 164 valence electrons. The van der Waals surface area contributed by atoms with Gasteiger partial charge >= 0.3 is 0 Å². The van der Waals surface area contributed by atoms with Gasteiger partial charge < -0.3 is 21.3 Å². The maximum Gasteiger partial charge on any atom is 0.273 e. The zero-order valence-electron chi connectivity index (χ0n) is 17.2. The third-order valence-corrected chi connectivity index (χ3v) is 5.81. The molecule has 0 saturated carbocycles. The molecular formula is C21H22N8O2S. The van der Waals surface area contributed by atoms with Gasteiger partial charge in [0.1, 0.15) is 5.01 Å². The minimum Gasteiger partial charge on any atom is -0.364 e. The van der Waals surface area contributed by atoms with E-state index in [1.165, 1.54) is 6.08 Å². The van der Waals surface area contributed by atoms with Gasteiger partial charge in [-0.25, -0.2) is 4.98 Å². The van der Waals surface area contributed by atoms with Gasteiger partial charge in [0.05, 0.1) is 0 Å². The van der Waals surface area contributed by atoms with Crippen LogP contribution in [0.15, 0.2) is 48.5 Å². The van der Waals surface area contributed by atoms with Crippen molar-refractivity contribution in [1.29, 1.82) is 0 Å². The van der Waals surface area contributed by atoms with Crippen molar-refractivity contribution in [2.45, 2.75) is 18.9 Å². The zero-order valence-corrected chi connectivity index (χ0v) is 18.0. The first-order valence-corrected chi connectivity index (χ1v) is 10.9. The van der Waals surface area contributed by atoms with Crippen LogP contribution in [-0.2, 0) is 4.79 Å². The zero-order chi connectivity index (χ0) is 22.5. The SMILES string of the molecule is C=CC(=O)N1CCCC(Nc2nnc(C(N)=O)c(Nc3ccc(-c4nccs4)cc3)n2)C1. The van der Waals surface area contributed by atoms with Crippen LogP contribution >= 0.6 is 11.3 Å². The summed E-state index contributed by atoms with van der Waals surface area (Å²) in [5.41, 5.74) is 7.09. The van der Waals surface area contributed by atoms with Crippen LogP contribution in [-0.4, -0.2) is 56.0 Å². The number of nitrogens with two attached hydrogens (primary N) is 1. The molecule has 2 amide bonds. The van der Waals surface area contributed by atoms with E-state index < -0.39 is 5.91 Å². The Hall–Kier alpha value is -3.86. The number of aromatic nitrogens is 4. The molecule has 1 aliphatic rings. The van der Waals surface area contributed by atoms with Crippen molar-refractivity contribution in [1.82, 2.24) is 25.1 Å². The van der Waals surface area contributed by atoms with Crippen LogP contribution in [0.1, 0.15) is 23.3 Å². The molecule has 0 aliphatic carbocycles. The first kappa shape index (κ1) is 21.4. The van der Waals surface area contributed by atoms with E-state index >= 15 is 0 Å². The van der Waals surface area contributed by atoms with Crippen LogP contribution in [0.2, 0.25) is 0 Å². The van der Waals surface area contributed by atoms with Gasteiger partial charge in [0, 0.05) is 42.0 Å². The fourth-order valence-corrected chi connectivity index (χ4v) is 4.09. The molecule has 4 N–H and O–H groups in total. The molecule has 11 heteroatoms. The monoisotopic (exact) mass is 450 g/mol. The second-order valence-corrected chi connectivity index (χ2v) is 8.10. The van der Waals surface area contributed by atoms with Crippen LogP contribution in [0, 0.1) is 0 Å². The van der Waals surface area contributed by atoms with Gasteiger partial charge in [0.25, 0.3) is 5.91 Å². The van der Waals surface area contributed by atoms with E-state index in [0.29, 0.717) is 18.8 Å². The molecule has 10 nitrogen and oxygen atoms in total. The molecular weight excluding hydrogens is 428 g/mol. The Bertz CT molecular complexity index is 1120. The molecule has 2 aromatic heterocycles. The maximum absolute atomic E-state index is 11.9. The lowest BCUT2D eigenvalue weighted by Crippen LogP contribution is -2.44. The number of hydrogen-bond acceptors (Lipinski definition) is 9. The highest BCUT2D eigenvalue weighted by Crippen LogP contribution is 2.25. The summed E-state index contributed by atoms with van der Waals surface area (Å²) in [6.45, 7) is 4.73. The number of nitrogens with one attached hydrogen (secondary N) is 2. The molecule has 0 bridgehead atoms. The number of nitrogens with zero attached hydrogens (tertiary/aromatic N) is 5. The number of amides is 2. The second kappa shape index (κ2) is 9.52. The largest absolute Gasteiger partial charge is 0.364 e. The third-order valence-electron chi connectivity index (χ3n) is 4.99. The minimum atomic E-state index is -0.737. The summed E-state index contributed by atoms with van der Waals surface area (Å²) in [4.78, 5) is 34.2. The summed E-state index contributed by atoms with van der Waals surface area (Å²) in [6.07, 6.45) is 4.76. The van der Waals surface area contributed by atoms with Gasteiger partial charge in [-0.2, -0.15) is 4.98 Å². The predicted molar refractivity (Wildman–Crippen MR) is 123 cm³/mol. The van der Waals surface area contributed by atoms with E-state index in [9.17, 15) is 9.59 Å². The summed E-state index contributed by atoms with van der Waals surface area (Å²) in [5, 5.41) is 17.1. The van der Waals surface area contributed by atoms with Crippen molar-refractivity contribution in [3.63, 3.8) is 0 Å². The molecule has 4 rings (SSSR count). The standard InChI is InChI=1S/C21H22N8O2S/c1-2-16(30)29-10-3-4-15(12-29)25-21-26-19(17(18(22)31)27-28-21)24-14-7-5-13(6-8-14)20-23-9-11-32-20/h2,5-9,11,15H,1,3-4,10,12H2,(H2,22,31)(H2,24,25,26,28). The average Bonchev–Trinajstić information content (AvgIpc) is 3.34. The second-order valence-electron chi connectivity index (χ2n) is 7.21. The van der Waals surface area contributed by atoms with Crippen LogP contribution in [0.3, 0.4) is 0 Å². The normalized spacial score (nSPS) is 15.8. The van der Waals surface area contributed by atoms with Crippen LogP contribution in [0.4, 0.5) is 17.5 Å². The average molecular weight is 451 g/mol. The lowest BCUT2D eigenvalue weighted by Gasteiger charge is -2.32.